The molecule has 4 nitrogen and oxygen atoms in total. The molecule has 0 N–H and O–H groups in total. The summed E-state index contributed by atoms with van der Waals surface area (Å²) < 4.78 is 12.0. The average Bonchev–Trinajstić information content (AvgIpc) is 2.39. The van der Waals surface area contributed by atoms with Crippen LogP contribution >= 0.6 is 15.9 Å². The van der Waals surface area contributed by atoms with Crippen molar-refractivity contribution in [3.05, 3.63) is 28.7 Å². The van der Waals surface area contributed by atoms with Gasteiger partial charge >= 0.3 is 0 Å². The highest BCUT2D eigenvalue weighted by molar-refractivity contribution is 9.10. The van der Waals surface area contributed by atoms with E-state index in [1.54, 1.807) is 0 Å². The van der Waals surface area contributed by atoms with Crippen molar-refractivity contribution in [1.29, 1.82) is 5.26 Å². The molecule has 1 saturated heterocycles. The zero-order valence-electron chi connectivity index (χ0n) is 10.0. The molecule has 96 valence electrons. The monoisotopic (exact) mass is 310 g/mol. The molecule has 0 amide bonds. The fourth-order valence-corrected chi connectivity index (χ4v) is 2.21. The molecule has 0 saturated carbocycles. The Morgan fingerprint density at radius 1 is 1.56 bits per heavy atom. The largest absolute Gasteiger partial charge is 0.492 e. The maximum Gasteiger partial charge on any atom is 0.156 e. The van der Waals surface area contributed by atoms with Gasteiger partial charge in [0.1, 0.15) is 12.4 Å². The maximum absolute atomic E-state index is 8.80. The van der Waals surface area contributed by atoms with Crippen molar-refractivity contribution in [2.75, 3.05) is 32.8 Å². The predicted octanol–water partition coefficient (Wildman–Crippen LogP) is 2.05. The Morgan fingerprint density at radius 2 is 2.44 bits per heavy atom. The SMILES string of the molecule is N#CC1CN(CCOc2cccc(Br)c2)CCO1. The second-order valence-electron chi connectivity index (χ2n) is 4.09. The Labute approximate surface area is 115 Å². The van der Waals surface area contributed by atoms with Gasteiger partial charge < -0.3 is 9.47 Å². The molecule has 1 aromatic rings. The second-order valence-corrected chi connectivity index (χ2v) is 5.01. The first-order valence-electron chi connectivity index (χ1n) is 5.90. The van der Waals surface area contributed by atoms with Crippen LogP contribution in [0.25, 0.3) is 0 Å². The zero-order chi connectivity index (χ0) is 12.8. The normalized spacial score (nSPS) is 20.3. The minimum absolute atomic E-state index is 0.301. The molecule has 1 atom stereocenters. The van der Waals surface area contributed by atoms with Gasteiger partial charge in [-0.3, -0.25) is 4.90 Å². The first-order chi connectivity index (χ1) is 8.78. The third kappa shape index (κ3) is 3.98. The van der Waals surface area contributed by atoms with Crippen molar-refractivity contribution in [3.8, 4) is 11.8 Å². The molecule has 0 bridgehead atoms. The minimum atomic E-state index is -0.301. The number of rotatable bonds is 4. The summed E-state index contributed by atoms with van der Waals surface area (Å²) in [5.41, 5.74) is 0. The Kier molecular flexibility index (Phi) is 5.00. The van der Waals surface area contributed by atoms with Crippen LogP contribution in [0.15, 0.2) is 28.7 Å². The summed E-state index contributed by atoms with van der Waals surface area (Å²) in [4.78, 5) is 2.19. The van der Waals surface area contributed by atoms with Crippen LogP contribution < -0.4 is 4.74 Å². The first-order valence-corrected chi connectivity index (χ1v) is 6.69. The Balaban J connectivity index is 1.74. The van der Waals surface area contributed by atoms with E-state index in [-0.39, 0.29) is 6.10 Å². The van der Waals surface area contributed by atoms with Crippen molar-refractivity contribution >= 4 is 15.9 Å². The summed E-state index contributed by atoms with van der Waals surface area (Å²) in [6.45, 7) is 3.58. The number of halogens is 1. The predicted molar refractivity (Wildman–Crippen MR) is 71.4 cm³/mol. The molecule has 0 aromatic heterocycles. The van der Waals surface area contributed by atoms with Gasteiger partial charge in [0.05, 0.1) is 12.7 Å². The van der Waals surface area contributed by atoms with E-state index in [1.165, 1.54) is 0 Å². The number of hydrogen-bond acceptors (Lipinski definition) is 4. The van der Waals surface area contributed by atoms with E-state index in [9.17, 15) is 0 Å². The van der Waals surface area contributed by atoms with Crippen molar-refractivity contribution in [2.24, 2.45) is 0 Å². The van der Waals surface area contributed by atoms with Gasteiger partial charge in [0.2, 0.25) is 0 Å². The lowest BCUT2D eigenvalue weighted by Gasteiger charge is -2.29. The van der Waals surface area contributed by atoms with Crippen LogP contribution in [-0.2, 0) is 4.74 Å². The number of benzene rings is 1. The van der Waals surface area contributed by atoms with Gasteiger partial charge in [0.25, 0.3) is 0 Å². The summed E-state index contributed by atoms with van der Waals surface area (Å²) in [6, 6.07) is 9.92. The Bertz CT molecular complexity index is 433. The van der Waals surface area contributed by atoms with Crippen LogP contribution in [-0.4, -0.2) is 43.9 Å². The van der Waals surface area contributed by atoms with Gasteiger partial charge in [-0.2, -0.15) is 5.26 Å². The minimum Gasteiger partial charge on any atom is -0.492 e. The van der Waals surface area contributed by atoms with Gasteiger partial charge in [-0.1, -0.05) is 22.0 Å². The van der Waals surface area contributed by atoms with E-state index in [4.69, 9.17) is 14.7 Å². The van der Waals surface area contributed by atoms with Crippen molar-refractivity contribution in [3.63, 3.8) is 0 Å². The fraction of sp³-hybridized carbons (Fsp3) is 0.462. The van der Waals surface area contributed by atoms with Gasteiger partial charge in [-0.25, -0.2) is 0 Å². The highest BCUT2D eigenvalue weighted by Crippen LogP contribution is 2.17. The van der Waals surface area contributed by atoms with E-state index < -0.39 is 0 Å². The number of hydrogen-bond donors (Lipinski definition) is 0. The Hall–Kier alpha value is -1.09. The summed E-state index contributed by atoms with van der Waals surface area (Å²) in [5, 5.41) is 8.80. The quantitative estimate of drug-likeness (QED) is 0.854. The third-order valence-corrected chi connectivity index (χ3v) is 3.26. The summed E-state index contributed by atoms with van der Waals surface area (Å²) in [5.74, 6) is 0.856. The Morgan fingerprint density at radius 3 is 3.22 bits per heavy atom. The summed E-state index contributed by atoms with van der Waals surface area (Å²) in [7, 11) is 0. The van der Waals surface area contributed by atoms with Crippen molar-refractivity contribution < 1.29 is 9.47 Å². The van der Waals surface area contributed by atoms with Crippen LogP contribution in [0, 0.1) is 11.3 Å². The number of ether oxygens (including phenoxy) is 2. The molecule has 1 aromatic carbocycles. The smallest absolute Gasteiger partial charge is 0.156 e. The molecule has 1 unspecified atom stereocenters. The van der Waals surface area contributed by atoms with E-state index in [2.05, 4.69) is 26.9 Å². The van der Waals surface area contributed by atoms with E-state index in [1.807, 2.05) is 24.3 Å². The lowest BCUT2D eigenvalue weighted by atomic mass is 10.3. The lowest BCUT2D eigenvalue weighted by Crippen LogP contribution is -2.43. The first kappa shape index (κ1) is 13.3. The molecule has 0 aliphatic carbocycles. The van der Waals surface area contributed by atoms with Crippen molar-refractivity contribution in [1.82, 2.24) is 4.90 Å². The molecule has 2 rings (SSSR count). The van der Waals surface area contributed by atoms with Crippen LogP contribution in [0.4, 0.5) is 0 Å². The molecule has 0 radical (unpaired) electrons. The highest BCUT2D eigenvalue weighted by Gasteiger charge is 2.19. The van der Waals surface area contributed by atoms with E-state index in [0.29, 0.717) is 19.8 Å². The topological polar surface area (TPSA) is 45.5 Å². The van der Waals surface area contributed by atoms with Gasteiger partial charge in [-0.05, 0) is 18.2 Å². The molecule has 1 aliphatic rings. The van der Waals surface area contributed by atoms with Gasteiger partial charge in [0.15, 0.2) is 6.10 Å². The summed E-state index contributed by atoms with van der Waals surface area (Å²) >= 11 is 3.40. The highest BCUT2D eigenvalue weighted by atomic mass is 79.9. The van der Waals surface area contributed by atoms with Gasteiger partial charge in [0, 0.05) is 24.1 Å². The fourth-order valence-electron chi connectivity index (χ4n) is 1.83. The van der Waals surface area contributed by atoms with Gasteiger partial charge in [-0.15, -0.1) is 0 Å². The van der Waals surface area contributed by atoms with E-state index in [0.717, 1.165) is 23.3 Å². The molecular weight excluding hydrogens is 296 g/mol. The average molecular weight is 311 g/mol. The number of nitriles is 1. The molecule has 5 heteroatoms. The number of morpholine rings is 1. The summed E-state index contributed by atoms with van der Waals surface area (Å²) in [6.07, 6.45) is -0.301. The van der Waals surface area contributed by atoms with Crippen molar-refractivity contribution in [2.45, 2.75) is 6.10 Å². The zero-order valence-corrected chi connectivity index (χ0v) is 11.6. The number of nitrogens with zero attached hydrogens (tertiary/aromatic N) is 2. The molecule has 1 fully saturated rings. The molecule has 1 aliphatic heterocycles. The van der Waals surface area contributed by atoms with Crippen LogP contribution in [0.1, 0.15) is 0 Å². The third-order valence-electron chi connectivity index (χ3n) is 2.77. The molecule has 1 heterocycles. The van der Waals surface area contributed by atoms with Crippen LogP contribution in [0.2, 0.25) is 0 Å². The molecule has 18 heavy (non-hydrogen) atoms. The standard InChI is InChI=1S/C13H15BrN2O2/c14-11-2-1-3-12(8-11)17-6-4-16-5-7-18-13(9-15)10-16/h1-3,8,13H,4-7,10H2. The van der Waals surface area contributed by atoms with Crippen LogP contribution in [0.5, 0.6) is 5.75 Å². The lowest BCUT2D eigenvalue weighted by molar-refractivity contribution is -0.00334. The van der Waals surface area contributed by atoms with E-state index >= 15 is 0 Å². The maximum atomic E-state index is 8.80. The van der Waals surface area contributed by atoms with Crippen LogP contribution in [0.3, 0.4) is 0 Å². The molecule has 0 spiro atoms. The second kappa shape index (κ2) is 6.74. The molecular formula is C13H15BrN2O2.